The molecule has 9 heteroatoms. The van der Waals surface area contributed by atoms with Crippen LogP contribution in [0.2, 0.25) is 10.0 Å². The van der Waals surface area contributed by atoms with E-state index in [4.69, 9.17) is 28.9 Å². The van der Waals surface area contributed by atoms with Crippen LogP contribution in [0.15, 0.2) is 58.1 Å². The number of anilines is 2. The van der Waals surface area contributed by atoms with Gasteiger partial charge in [0.15, 0.2) is 5.69 Å². The van der Waals surface area contributed by atoms with Gasteiger partial charge in [-0.2, -0.15) is 0 Å². The van der Waals surface area contributed by atoms with Gasteiger partial charge in [0.2, 0.25) is 0 Å². The van der Waals surface area contributed by atoms with Crippen LogP contribution in [-0.2, 0) is 6.54 Å². The Hall–Kier alpha value is -3.03. The molecule has 1 aromatic heterocycles. The molecule has 0 spiro atoms. The van der Waals surface area contributed by atoms with Gasteiger partial charge in [-0.25, -0.2) is 4.79 Å². The number of amides is 1. The molecular formula is C22H22Cl2N4O3. The third kappa shape index (κ3) is 5.00. The Morgan fingerprint density at radius 3 is 2.45 bits per heavy atom. The van der Waals surface area contributed by atoms with Crippen molar-refractivity contribution in [3.05, 3.63) is 90.5 Å². The topological polar surface area (TPSA) is 101 Å². The van der Waals surface area contributed by atoms with E-state index in [0.29, 0.717) is 11.4 Å². The van der Waals surface area contributed by atoms with Crippen molar-refractivity contribution in [2.75, 3.05) is 17.2 Å². The maximum atomic E-state index is 13.3. The first-order chi connectivity index (χ1) is 14.8. The van der Waals surface area contributed by atoms with Crippen molar-refractivity contribution in [1.82, 2.24) is 9.55 Å². The van der Waals surface area contributed by atoms with E-state index in [1.165, 1.54) is 27.7 Å². The number of aromatic amines is 1. The number of benzene rings is 2. The molecule has 0 aliphatic rings. The van der Waals surface area contributed by atoms with Crippen LogP contribution in [0, 0.1) is 0 Å². The van der Waals surface area contributed by atoms with Gasteiger partial charge in [0, 0.05) is 12.1 Å². The Labute approximate surface area is 189 Å². The Bertz CT molecular complexity index is 1210. The number of hydrogen-bond donors (Lipinski definition) is 2. The highest BCUT2D eigenvalue weighted by Gasteiger charge is 2.25. The molecule has 0 saturated heterocycles. The molecule has 0 unspecified atom stereocenters. The quantitative estimate of drug-likeness (QED) is 0.557. The first-order valence-electron chi connectivity index (χ1n) is 9.77. The van der Waals surface area contributed by atoms with Crippen molar-refractivity contribution in [3.63, 3.8) is 0 Å². The van der Waals surface area contributed by atoms with Crippen LogP contribution >= 0.6 is 23.2 Å². The van der Waals surface area contributed by atoms with E-state index in [0.717, 1.165) is 12.0 Å². The minimum absolute atomic E-state index is 0.0694. The summed E-state index contributed by atoms with van der Waals surface area (Å²) in [6, 6.07) is 13.7. The lowest BCUT2D eigenvalue weighted by molar-refractivity contribution is 0.0986. The number of rotatable bonds is 7. The predicted octanol–water partition coefficient (Wildman–Crippen LogP) is 3.92. The van der Waals surface area contributed by atoms with Gasteiger partial charge in [0.1, 0.15) is 5.82 Å². The normalized spacial score (nSPS) is 10.8. The predicted molar refractivity (Wildman–Crippen MR) is 124 cm³/mol. The Morgan fingerprint density at radius 1 is 1.10 bits per heavy atom. The summed E-state index contributed by atoms with van der Waals surface area (Å²) in [5.41, 5.74) is 5.92. The summed E-state index contributed by atoms with van der Waals surface area (Å²) in [6.45, 7) is 2.36. The average molecular weight is 461 g/mol. The fourth-order valence-electron chi connectivity index (χ4n) is 3.18. The van der Waals surface area contributed by atoms with E-state index in [2.05, 4.69) is 4.98 Å². The maximum absolute atomic E-state index is 13.3. The molecule has 0 radical (unpaired) electrons. The van der Waals surface area contributed by atoms with Gasteiger partial charge < -0.3 is 10.6 Å². The largest absolute Gasteiger partial charge is 0.383 e. The molecule has 2 aromatic carbocycles. The van der Waals surface area contributed by atoms with Crippen molar-refractivity contribution >= 4 is 40.6 Å². The minimum Gasteiger partial charge on any atom is -0.383 e. The highest BCUT2D eigenvalue weighted by atomic mass is 35.5. The van der Waals surface area contributed by atoms with Gasteiger partial charge >= 0.3 is 5.69 Å². The number of nitrogens with zero attached hydrogens (tertiary/aromatic N) is 2. The smallest absolute Gasteiger partial charge is 0.330 e. The molecule has 7 nitrogen and oxygen atoms in total. The first kappa shape index (κ1) is 22.7. The number of unbranched alkanes of at least 4 members (excludes halogenated alkanes) is 1. The molecule has 162 valence electrons. The van der Waals surface area contributed by atoms with Crippen LogP contribution < -0.4 is 21.9 Å². The average Bonchev–Trinajstić information content (AvgIpc) is 2.75. The van der Waals surface area contributed by atoms with E-state index < -0.39 is 17.2 Å². The van der Waals surface area contributed by atoms with Gasteiger partial charge in [-0.05, 0) is 30.2 Å². The summed E-state index contributed by atoms with van der Waals surface area (Å²) in [6.07, 6.45) is 1.41. The van der Waals surface area contributed by atoms with Gasteiger partial charge in [-0.1, -0.05) is 66.9 Å². The lowest BCUT2D eigenvalue weighted by Crippen LogP contribution is -2.41. The number of halogens is 2. The summed E-state index contributed by atoms with van der Waals surface area (Å²) in [5, 5.41) is 0.533. The summed E-state index contributed by atoms with van der Waals surface area (Å²) in [4.78, 5) is 42.1. The summed E-state index contributed by atoms with van der Waals surface area (Å²) >= 11 is 12.0. The van der Waals surface area contributed by atoms with E-state index >= 15 is 0 Å². The standard InChI is InChI=1S/C22H22Cl2N4O3/c1-2-3-11-27(21(30)15-9-10-16(23)17(24)12-15)18-19(25)28(22(31)26-20(18)29)13-14-7-5-4-6-8-14/h4-10,12H,2-3,11,13,25H2,1H3,(H,26,29,31). The Kier molecular flexibility index (Phi) is 7.20. The van der Waals surface area contributed by atoms with Crippen LogP contribution in [0.3, 0.4) is 0 Å². The van der Waals surface area contributed by atoms with E-state index in [1.807, 2.05) is 37.3 Å². The highest BCUT2D eigenvalue weighted by molar-refractivity contribution is 6.42. The second kappa shape index (κ2) is 9.85. The van der Waals surface area contributed by atoms with Crippen LogP contribution in [0.4, 0.5) is 11.5 Å². The van der Waals surface area contributed by atoms with Crippen molar-refractivity contribution in [2.45, 2.75) is 26.3 Å². The number of nitrogen functional groups attached to an aromatic ring is 1. The number of carbonyl (C=O) groups is 1. The molecule has 0 fully saturated rings. The molecule has 0 aliphatic carbocycles. The fourth-order valence-corrected chi connectivity index (χ4v) is 3.48. The van der Waals surface area contributed by atoms with Crippen molar-refractivity contribution in [3.8, 4) is 0 Å². The molecule has 0 atom stereocenters. The van der Waals surface area contributed by atoms with Gasteiger partial charge in [0.25, 0.3) is 11.5 Å². The molecule has 3 aromatic rings. The highest BCUT2D eigenvalue weighted by Crippen LogP contribution is 2.26. The van der Waals surface area contributed by atoms with Crippen molar-refractivity contribution < 1.29 is 4.79 Å². The molecule has 3 N–H and O–H groups in total. The number of nitrogens with one attached hydrogen (secondary N) is 1. The summed E-state index contributed by atoms with van der Waals surface area (Å²) in [7, 11) is 0. The van der Waals surface area contributed by atoms with E-state index in [9.17, 15) is 14.4 Å². The van der Waals surface area contributed by atoms with Crippen LogP contribution in [-0.4, -0.2) is 22.0 Å². The Balaban J connectivity index is 2.11. The molecule has 0 saturated carbocycles. The first-order valence-corrected chi connectivity index (χ1v) is 10.5. The summed E-state index contributed by atoms with van der Waals surface area (Å²) < 4.78 is 1.24. The zero-order valence-electron chi connectivity index (χ0n) is 16.9. The van der Waals surface area contributed by atoms with Crippen molar-refractivity contribution in [1.29, 1.82) is 0 Å². The third-order valence-corrected chi connectivity index (χ3v) is 5.55. The Morgan fingerprint density at radius 2 is 1.81 bits per heavy atom. The second-order valence-corrected chi connectivity index (χ2v) is 7.82. The SMILES string of the molecule is CCCCN(C(=O)c1ccc(Cl)c(Cl)c1)c1c(N)n(Cc2ccccc2)c(=O)[nH]c1=O. The van der Waals surface area contributed by atoms with Gasteiger partial charge in [-0.3, -0.25) is 19.1 Å². The molecule has 1 heterocycles. The monoisotopic (exact) mass is 460 g/mol. The van der Waals surface area contributed by atoms with Crippen molar-refractivity contribution in [2.24, 2.45) is 0 Å². The fraction of sp³-hybridized carbons (Fsp3) is 0.227. The lowest BCUT2D eigenvalue weighted by Gasteiger charge is -2.24. The number of H-pyrrole nitrogens is 1. The molecular weight excluding hydrogens is 439 g/mol. The zero-order chi connectivity index (χ0) is 22.5. The minimum atomic E-state index is -0.726. The number of carbonyl (C=O) groups excluding carboxylic acids is 1. The van der Waals surface area contributed by atoms with Crippen LogP contribution in [0.1, 0.15) is 35.7 Å². The number of hydrogen-bond acceptors (Lipinski definition) is 4. The molecule has 0 aliphatic heterocycles. The molecule has 31 heavy (non-hydrogen) atoms. The summed E-state index contributed by atoms with van der Waals surface area (Å²) in [5.74, 6) is -0.545. The second-order valence-electron chi connectivity index (χ2n) is 7.00. The van der Waals surface area contributed by atoms with Gasteiger partial charge in [0.05, 0.1) is 16.6 Å². The zero-order valence-corrected chi connectivity index (χ0v) is 18.4. The number of aromatic nitrogens is 2. The van der Waals surface area contributed by atoms with Crippen LogP contribution in [0.25, 0.3) is 0 Å². The lowest BCUT2D eigenvalue weighted by atomic mass is 10.1. The molecule has 3 rings (SSSR count). The third-order valence-electron chi connectivity index (χ3n) is 4.81. The maximum Gasteiger partial charge on any atom is 0.330 e. The number of nitrogens with two attached hydrogens (primary N) is 1. The van der Waals surface area contributed by atoms with Crippen LogP contribution in [0.5, 0.6) is 0 Å². The van der Waals surface area contributed by atoms with Gasteiger partial charge in [-0.15, -0.1) is 0 Å². The van der Waals surface area contributed by atoms with E-state index in [1.54, 1.807) is 0 Å². The molecule has 0 bridgehead atoms. The van der Waals surface area contributed by atoms with E-state index in [-0.39, 0.29) is 35.2 Å². The molecule has 1 amide bonds.